The molecule has 7 heteroatoms. The number of hydrogen-bond acceptors (Lipinski definition) is 7. The molecule has 0 aliphatic heterocycles. The van der Waals surface area contributed by atoms with Crippen LogP contribution in [0.2, 0.25) is 0 Å². The van der Waals surface area contributed by atoms with Crippen LogP contribution >= 0.6 is 0 Å². The van der Waals surface area contributed by atoms with E-state index in [1.807, 2.05) is 48.6 Å². The summed E-state index contributed by atoms with van der Waals surface area (Å²) in [6.07, 6.45) is 23.4. The van der Waals surface area contributed by atoms with Gasteiger partial charge >= 0.3 is 0 Å². The van der Waals surface area contributed by atoms with Gasteiger partial charge in [0, 0.05) is 5.39 Å². The number of benzene rings is 13. The molecule has 7 nitrogen and oxygen atoms in total. The van der Waals surface area contributed by atoms with Crippen LogP contribution in [0.5, 0.6) is 28.7 Å². The Labute approximate surface area is 692 Å². The summed E-state index contributed by atoms with van der Waals surface area (Å²) in [5, 5.41) is 12.9. The maximum absolute atomic E-state index is 6.48. The van der Waals surface area contributed by atoms with Crippen LogP contribution in [0.25, 0.3) is 53.9 Å². The van der Waals surface area contributed by atoms with E-state index in [9.17, 15) is 0 Å². The van der Waals surface area contributed by atoms with Gasteiger partial charge in [0.05, 0.1) is 44.2 Å². The summed E-state index contributed by atoms with van der Waals surface area (Å²) in [7, 11) is 0. The summed E-state index contributed by atoms with van der Waals surface area (Å²) in [4.78, 5) is 0. The zero-order valence-corrected chi connectivity index (χ0v) is 70.2. The SMILES string of the molecule is CCC(C)c1ccc(OC/C=C/COc2cccc3ccccc23)cc1.CCC(C)c1ccc(OC2CCC(OCc3c4ccccc4cc4ccccc34)CC2)cc1.CCC(C)c1ccc(OCC2CCC(c3cccc4ccccc34)CC2)cc1.CCC(C)c1cccc(OC2CCC(OCc3ccc4ccccc4c3)CC2)c1. The van der Waals surface area contributed by atoms with Crippen molar-refractivity contribution in [2.75, 3.05) is 19.8 Å². The van der Waals surface area contributed by atoms with Gasteiger partial charge in [0.15, 0.2) is 0 Å². The van der Waals surface area contributed by atoms with Crippen molar-refractivity contribution in [1.29, 1.82) is 0 Å². The molecule has 3 fully saturated rings. The fraction of sp³-hybridized carbons (Fsp3) is 0.358. The summed E-state index contributed by atoms with van der Waals surface area (Å²) in [5.41, 5.74) is 9.63. The highest BCUT2D eigenvalue weighted by atomic mass is 16.5. The van der Waals surface area contributed by atoms with Crippen LogP contribution in [-0.4, -0.2) is 44.2 Å². The van der Waals surface area contributed by atoms with Crippen molar-refractivity contribution in [3.63, 3.8) is 0 Å². The van der Waals surface area contributed by atoms with E-state index in [0.717, 1.165) is 105 Å². The molecule has 4 atom stereocenters. The summed E-state index contributed by atoms with van der Waals surface area (Å²) in [6.45, 7) is 21.3. The molecule has 0 amide bonds. The Balaban J connectivity index is 0.000000135. The van der Waals surface area contributed by atoms with Gasteiger partial charge in [0.1, 0.15) is 42.0 Å². The minimum Gasteiger partial charge on any atom is -0.493 e. The fourth-order valence-corrected chi connectivity index (χ4v) is 16.7. The lowest BCUT2D eigenvalue weighted by Crippen LogP contribution is -2.28. The molecule has 3 saturated carbocycles. The first-order valence-electron chi connectivity index (χ1n) is 43.8. The molecule has 3 aliphatic rings. The first-order valence-corrected chi connectivity index (χ1v) is 43.8. The second-order valence-electron chi connectivity index (χ2n) is 32.8. The van der Waals surface area contributed by atoms with Gasteiger partial charge < -0.3 is 33.2 Å². The average Bonchev–Trinajstić information content (AvgIpc) is 0.772. The molecule has 0 radical (unpaired) electrons. The monoisotopic (exact) mass is 1540 g/mol. The van der Waals surface area contributed by atoms with E-state index in [4.69, 9.17) is 33.2 Å². The molecule has 0 bridgehead atoms. The van der Waals surface area contributed by atoms with Gasteiger partial charge in [-0.05, 0) is 305 Å². The third-order valence-corrected chi connectivity index (χ3v) is 24.9. The van der Waals surface area contributed by atoms with E-state index in [2.05, 4.69) is 298 Å². The second kappa shape index (κ2) is 43.1. The molecule has 13 aromatic carbocycles. The lowest BCUT2D eigenvalue weighted by molar-refractivity contribution is -0.00659. The zero-order chi connectivity index (χ0) is 80.2. The highest BCUT2D eigenvalue weighted by Crippen LogP contribution is 2.40. The highest BCUT2D eigenvalue weighted by Gasteiger charge is 2.27. The number of fused-ring (bicyclic) bond motifs is 5. The topological polar surface area (TPSA) is 64.6 Å². The van der Waals surface area contributed by atoms with Crippen molar-refractivity contribution >= 4 is 53.9 Å². The van der Waals surface area contributed by atoms with Gasteiger partial charge in [-0.3, -0.25) is 0 Å². The van der Waals surface area contributed by atoms with Crippen LogP contribution in [-0.2, 0) is 22.7 Å². The van der Waals surface area contributed by atoms with Crippen LogP contribution in [0.4, 0.5) is 0 Å². The van der Waals surface area contributed by atoms with E-state index in [-0.39, 0.29) is 6.10 Å². The van der Waals surface area contributed by atoms with E-state index in [1.165, 1.54) is 126 Å². The summed E-state index contributed by atoms with van der Waals surface area (Å²) < 4.78 is 43.1. The summed E-state index contributed by atoms with van der Waals surface area (Å²) in [5.74, 6) is 8.61. The predicted molar refractivity (Wildman–Crippen MR) is 487 cm³/mol. The maximum Gasteiger partial charge on any atom is 0.127 e. The Morgan fingerprint density at radius 3 is 1.30 bits per heavy atom. The van der Waals surface area contributed by atoms with Crippen LogP contribution in [0, 0.1) is 5.92 Å². The van der Waals surface area contributed by atoms with Gasteiger partial charge in [-0.1, -0.05) is 268 Å². The number of rotatable bonds is 28. The van der Waals surface area contributed by atoms with E-state index >= 15 is 0 Å². The van der Waals surface area contributed by atoms with E-state index < -0.39 is 0 Å². The molecule has 3 aliphatic carbocycles. The molecular formula is C109H124O7. The molecule has 0 saturated heterocycles. The van der Waals surface area contributed by atoms with Crippen molar-refractivity contribution in [3.8, 4) is 28.7 Å². The number of hydrogen-bond donors (Lipinski definition) is 0. The molecule has 0 aromatic heterocycles. The first kappa shape index (κ1) is 83.8. The summed E-state index contributed by atoms with van der Waals surface area (Å²) >= 11 is 0. The number of ether oxygens (including phenoxy) is 7. The highest BCUT2D eigenvalue weighted by molar-refractivity contribution is 6.02. The van der Waals surface area contributed by atoms with Crippen LogP contribution < -0.4 is 23.7 Å². The lowest BCUT2D eigenvalue weighted by atomic mass is 9.78. The lowest BCUT2D eigenvalue weighted by Gasteiger charge is -2.29. The molecule has 16 rings (SSSR count). The van der Waals surface area contributed by atoms with E-state index in [0.29, 0.717) is 80.2 Å². The molecule has 0 heterocycles. The Morgan fingerprint density at radius 2 is 0.733 bits per heavy atom. The quantitative estimate of drug-likeness (QED) is 0.0358. The molecule has 116 heavy (non-hydrogen) atoms. The maximum atomic E-state index is 6.48. The van der Waals surface area contributed by atoms with Gasteiger partial charge in [-0.2, -0.15) is 0 Å². The van der Waals surface area contributed by atoms with Gasteiger partial charge in [0.25, 0.3) is 0 Å². The normalized spacial score (nSPS) is 18.5. The van der Waals surface area contributed by atoms with E-state index in [1.54, 1.807) is 0 Å². The first-order chi connectivity index (χ1) is 56.9. The van der Waals surface area contributed by atoms with Crippen LogP contribution in [0.1, 0.15) is 227 Å². The van der Waals surface area contributed by atoms with Crippen LogP contribution in [0.15, 0.2) is 291 Å². The Kier molecular flexibility index (Phi) is 31.2. The third kappa shape index (κ3) is 23.6. The standard InChI is InChI=1S/C31H34O2.C27H32O2.C27H32O.C24H26O2/c1-3-22(2)23-12-14-27(15-13-23)33-28-18-16-26(17-19-28)32-21-31-29-10-6-4-8-24(29)20-25-9-5-7-11-30(25)31;1-3-20(2)23-9-6-10-27(18-23)29-26-15-13-25(14-16-26)28-19-21-11-12-22-7-4-5-8-24(22)17-21;1-3-20(2)22-15-17-25(18-16-22)28-19-21-11-13-24(14-12-21)27-10-6-8-23-7-4-5-9-26(23)27;1-3-19(2)20-13-15-22(16-14-20)25-17-6-7-18-26-24-12-8-10-21-9-4-5-11-23(21)24/h4-15,20,22,26,28H,3,16-19,21H2,1-2H3;4-12,17-18,20,25-26H,3,13-16,19H2,1-2H3;4-10,15-18,20-21,24H,3,11-14,19H2,1-2H3;4-16,19H,3,17-18H2,1-2H3/b;;;7-6+. The minimum absolute atomic E-state index is 0.290. The smallest absolute Gasteiger partial charge is 0.127 e. The molecule has 0 N–H and O–H groups in total. The second-order valence-corrected chi connectivity index (χ2v) is 32.8. The largest absolute Gasteiger partial charge is 0.493 e. The molecule has 4 unspecified atom stereocenters. The van der Waals surface area contributed by atoms with Crippen molar-refractivity contribution in [3.05, 3.63) is 330 Å². The third-order valence-electron chi connectivity index (χ3n) is 24.9. The minimum atomic E-state index is 0.290. The zero-order valence-electron chi connectivity index (χ0n) is 70.2. The predicted octanol–water partition coefficient (Wildman–Crippen LogP) is 29.7. The average molecular weight is 1550 g/mol. The van der Waals surface area contributed by atoms with Gasteiger partial charge in [-0.15, -0.1) is 0 Å². The fourth-order valence-electron chi connectivity index (χ4n) is 16.7. The van der Waals surface area contributed by atoms with Crippen molar-refractivity contribution in [2.45, 2.75) is 225 Å². The van der Waals surface area contributed by atoms with Crippen molar-refractivity contribution < 1.29 is 33.2 Å². The molecular weight excluding hydrogens is 1420 g/mol. The Morgan fingerprint density at radius 1 is 0.302 bits per heavy atom. The Hall–Kier alpha value is -10.2. The Bertz CT molecular complexity index is 5090. The van der Waals surface area contributed by atoms with Crippen molar-refractivity contribution in [2.24, 2.45) is 5.92 Å². The van der Waals surface area contributed by atoms with Crippen molar-refractivity contribution in [1.82, 2.24) is 0 Å². The summed E-state index contributed by atoms with van der Waals surface area (Å²) in [6, 6.07) is 99.1. The molecule has 0 spiro atoms. The van der Waals surface area contributed by atoms with Gasteiger partial charge in [0.2, 0.25) is 0 Å². The molecule has 13 aromatic rings. The van der Waals surface area contributed by atoms with Crippen LogP contribution in [0.3, 0.4) is 0 Å². The molecule has 602 valence electrons. The van der Waals surface area contributed by atoms with Gasteiger partial charge in [-0.25, -0.2) is 0 Å².